The number of H-pyrrole nitrogens is 1. The van der Waals surface area contributed by atoms with Gasteiger partial charge in [0.2, 0.25) is 0 Å². The third-order valence-corrected chi connectivity index (χ3v) is 4.71. The maximum atomic E-state index is 11.0. The second kappa shape index (κ2) is 8.41. The van der Waals surface area contributed by atoms with Crippen LogP contribution in [-0.4, -0.2) is 16.1 Å². The second-order valence-corrected chi connectivity index (χ2v) is 7.10. The molecule has 1 aliphatic carbocycles. The Kier molecular flexibility index (Phi) is 6.52. The van der Waals surface area contributed by atoms with E-state index in [-0.39, 0.29) is 5.56 Å². The Morgan fingerprint density at radius 2 is 2.08 bits per heavy atom. The van der Waals surface area contributed by atoms with E-state index in [0.29, 0.717) is 5.56 Å². The van der Waals surface area contributed by atoms with Gasteiger partial charge in [0.1, 0.15) is 0 Å². The molecule has 0 saturated heterocycles. The Bertz CT molecular complexity index is 842. The number of hydrogen-bond donors (Lipinski definition) is 2. The molecule has 0 spiro atoms. The smallest absolute Gasteiger partial charge is 0.336 e. The zero-order chi connectivity index (χ0) is 17.7. The number of halogens is 1. The fourth-order valence-corrected chi connectivity index (χ4v) is 3.20. The van der Waals surface area contributed by atoms with Crippen molar-refractivity contribution in [3.05, 3.63) is 68.1 Å². The highest BCUT2D eigenvalue weighted by atomic mass is 79.9. The van der Waals surface area contributed by atoms with Crippen LogP contribution in [-0.2, 0) is 0 Å². The van der Waals surface area contributed by atoms with E-state index in [9.17, 15) is 9.59 Å². The first-order valence-corrected chi connectivity index (χ1v) is 8.92. The van der Waals surface area contributed by atoms with Gasteiger partial charge in [-0.3, -0.25) is 4.79 Å². The lowest BCUT2D eigenvalue weighted by atomic mass is 10.0. The van der Waals surface area contributed by atoms with Crippen molar-refractivity contribution in [1.82, 2.24) is 4.98 Å². The number of aromatic nitrogens is 1. The predicted octanol–water partition coefficient (Wildman–Crippen LogP) is 3.90. The van der Waals surface area contributed by atoms with E-state index in [1.165, 1.54) is 12.0 Å². The first-order chi connectivity index (χ1) is 11.4. The molecule has 0 saturated carbocycles. The third-order valence-electron chi connectivity index (χ3n) is 3.75. The van der Waals surface area contributed by atoms with Gasteiger partial charge in [0.05, 0.1) is 5.56 Å². The minimum Gasteiger partial charge on any atom is -0.478 e. The number of carbonyl (C=O) groups is 1. The Labute approximate surface area is 151 Å². The van der Waals surface area contributed by atoms with Crippen LogP contribution in [0.3, 0.4) is 0 Å². The van der Waals surface area contributed by atoms with Gasteiger partial charge in [-0.25, -0.2) is 4.79 Å². The van der Waals surface area contributed by atoms with Gasteiger partial charge in [-0.05, 0) is 70.7 Å². The number of nitrogens with one attached hydrogen (secondary N) is 1. The molecular formula is C18H19BrNO3P. The van der Waals surface area contributed by atoms with E-state index in [0.717, 1.165) is 33.7 Å². The molecule has 1 unspecified atom stereocenters. The third kappa shape index (κ3) is 4.89. The van der Waals surface area contributed by atoms with Crippen molar-refractivity contribution in [3.63, 3.8) is 0 Å². The molecule has 4 nitrogen and oxygen atoms in total. The van der Waals surface area contributed by atoms with Crippen LogP contribution in [0.5, 0.6) is 0 Å². The highest BCUT2D eigenvalue weighted by molar-refractivity contribution is 9.10. The largest absolute Gasteiger partial charge is 0.478 e. The van der Waals surface area contributed by atoms with Crippen LogP contribution in [0.15, 0.2) is 45.8 Å². The molecule has 1 aliphatic rings. The van der Waals surface area contributed by atoms with Crippen molar-refractivity contribution in [1.29, 1.82) is 0 Å². The van der Waals surface area contributed by atoms with Crippen molar-refractivity contribution < 1.29 is 9.90 Å². The first kappa shape index (κ1) is 18.6. The Balaban J connectivity index is 0.000000198. The summed E-state index contributed by atoms with van der Waals surface area (Å²) < 4.78 is 0.902. The number of hydrogen-bond acceptors (Lipinski definition) is 2. The minimum atomic E-state index is -0.861. The normalized spacial score (nSPS) is 13.0. The minimum absolute atomic E-state index is 0.0294. The molecule has 1 heterocycles. The van der Waals surface area contributed by atoms with Crippen molar-refractivity contribution in [2.75, 3.05) is 0 Å². The van der Waals surface area contributed by atoms with Crippen LogP contribution < -0.4 is 10.9 Å². The Morgan fingerprint density at radius 3 is 2.62 bits per heavy atom. The molecule has 2 aromatic rings. The van der Waals surface area contributed by atoms with Crippen LogP contribution >= 0.6 is 25.2 Å². The summed E-state index contributed by atoms with van der Waals surface area (Å²) >= 11 is 3.23. The van der Waals surface area contributed by atoms with E-state index in [4.69, 9.17) is 5.11 Å². The molecule has 24 heavy (non-hydrogen) atoms. The van der Waals surface area contributed by atoms with Gasteiger partial charge < -0.3 is 10.1 Å². The van der Waals surface area contributed by atoms with Crippen molar-refractivity contribution in [3.8, 4) is 0 Å². The van der Waals surface area contributed by atoms with Gasteiger partial charge in [-0.1, -0.05) is 18.2 Å². The number of allylic oxidation sites excluding steroid dienone is 2. The number of carboxylic acid groups (broad SMARTS) is 1. The van der Waals surface area contributed by atoms with Crippen LogP contribution in [0.2, 0.25) is 0 Å². The Morgan fingerprint density at radius 1 is 1.33 bits per heavy atom. The summed E-state index contributed by atoms with van der Waals surface area (Å²) in [6, 6.07) is 7.38. The molecule has 3 rings (SSSR count). The van der Waals surface area contributed by atoms with Gasteiger partial charge >= 0.3 is 5.97 Å². The molecule has 1 atom stereocenters. The predicted molar refractivity (Wildman–Crippen MR) is 104 cm³/mol. The van der Waals surface area contributed by atoms with Crippen molar-refractivity contribution >= 4 is 42.0 Å². The summed E-state index contributed by atoms with van der Waals surface area (Å²) in [4.78, 5) is 24.2. The highest BCUT2D eigenvalue weighted by Gasteiger charge is 2.12. The fraction of sp³-hybridized carbons (Fsp3) is 0.222. The lowest BCUT2D eigenvalue weighted by molar-refractivity contribution is 0.0698. The molecule has 0 amide bonds. The van der Waals surface area contributed by atoms with Gasteiger partial charge in [0, 0.05) is 16.2 Å². The molecule has 6 heteroatoms. The molecule has 0 bridgehead atoms. The van der Waals surface area contributed by atoms with E-state index in [2.05, 4.69) is 36.2 Å². The quantitative estimate of drug-likeness (QED) is 0.741. The highest BCUT2D eigenvalue weighted by Crippen LogP contribution is 2.27. The number of aromatic amines is 1. The number of aromatic carboxylic acids is 1. The van der Waals surface area contributed by atoms with Gasteiger partial charge in [-0.15, -0.1) is 9.24 Å². The zero-order valence-corrected chi connectivity index (χ0v) is 16.0. The molecule has 2 N–H and O–H groups in total. The molecule has 1 aromatic carbocycles. The van der Waals surface area contributed by atoms with E-state index >= 15 is 0 Å². The number of aryl methyl sites for hydroxylation is 1. The maximum Gasteiger partial charge on any atom is 0.336 e. The first-order valence-electron chi connectivity index (χ1n) is 7.55. The molecule has 1 aromatic heterocycles. The molecule has 0 aliphatic heterocycles. The van der Waals surface area contributed by atoms with E-state index in [1.54, 1.807) is 25.3 Å². The number of carboxylic acids is 1. The SMILES string of the molecule is Cc1cc(Br)c[nH]c1=O.O=C(O)c1cc(C2=CCCC2)ccc1P. The van der Waals surface area contributed by atoms with Crippen LogP contribution in [0.1, 0.15) is 40.7 Å². The summed E-state index contributed by atoms with van der Waals surface area (Å²) in [5, 5.41) is 9.74. The standard InChI is InChI=1S/C12H13O2P.C6H6BrNO/c13-12(14)10-7-9(5-6-11(10)15)8-3-1-2-4-8;1-4-2-5(7)3-8-6(4)9/h3,5-7H,1-2,4,15H2,(H,13,14);2-3H,1H3,(H,8,9). The number of rotatable bonds is 2. The van der Waals surface area contributed by atoms with Crippen LogP contribution in [0, 0.1) is 6.92 Å². The number of benzene rings is 1. The summed E-state index contributed by atoms with van der Waals surface area (Å²) in [5.74, 6) is -0.861. The monoisotopic (exact) mass is 407 g/mol. The van der Waals surface area contributed by atoms with E-state index < -0.39 is 5.97 Å². The Hall–Kier alpha value is -1.71. The van der Waals surface area contributed by atoms with Gasteiger partial charge in [0.25, 0.3) is 5.56 Å². The van der Waals surface area contributed by atoms with Gasteiger partial charge in [-0.2, -0.15) is 0 Å². The molecular weight excluding hydrogens is 389 g/mol. The van der Waals surface area contributed by atoms with Crippen molar-refractivity contribution in [2.24, 2.45) is 0 Å². The summed E-state index contributed by atoms with van der Waals surface area (Å²) in [6.45, 7) is 1.77. The maximum absolute atomic E-state index is 11.0. The summed E-state index contributed by atoms with van der Waals surface area (Å²) in [6.07, 6.45) is 7.18. The topological polar surface area (TPSA) is 70.2 Å². The molecule has 0 radical (unpaired) electrons. The molecule has 126 valence electrons. The van der Waals surface area contributed by atoms with Gasteiger partial charge in [0.15, 0.2) is 0 Å². The lowest BCUT2D eigenvalue weighted by Crippen LogP contribution is -2.09. The summed E-state index contributed by atoms with van der Waals surface area (Å²) in [7, 11) is 2.46. The lowest BCUT2D eigenvalue weighted by Gasteiger charge is -2.06. The van der Waals surface area contributed by atoms with E-state index in [1.807, 2.05) is 12.1 Å². The molecule has 0 fully saturated rings. The van der Waals surface area contributed by atoms with Crippen LogP contribution in [0.4, 0.5) is 0 Å². The van der Waals surface area contributed by atoms with Crippen molar-refractivity contribution in [2.45, 2.75) is 26.2 Å². The average molecular weight is 408 g/mol. The fourth-order valence-electron chi connectivity index (χ4n) is 2.44. The van der Waals surface area contributed by atoms with Crippen LogP contribution in [0.25, 0.3) is 5.57 Å². The summed E-state index contributed by atoms with van der Waals surface area (Å²) in [5.41, 5.74) is 3.41. The number of pyridine rings is 1. The second-order valence-electron chi connectivity index (χ2n) is 5.56. The average Bonchev–Trinajstić information content (AvgIpc) is 3.06. The zero-order valence-electron chi connectivity index (χ0n) is 13.3.